The minimum atomic E-state index is -3.10. The lowest BCUT2D eigenvalue weighted by molar-refractivity contribution is -0.287. The number of aliphatic hydroxyl groups is 2. The number of esters is 10. The van der Waals surface area contributed by atoms with Gasteiger partial charge in [-0.15, -0.1) is 0 Å². The highest BCUT2D eigenvalue weighted by Gasteiger charge is 2.55. The van der Waals surface area contributed by atoms with Gasteiger partial charge < -0.3 is 180 Å². The molecule has 634 valence electrons. The Morgan fingerprint density at radius 2 is 0.500 bits per heavy atom. The average molecular weight is 1700 g/mol. The molecule has 1 fully saturated rings. The van der Waals surface area contributed by atoms with Gasteiger partial charge in [-0.3, -0.25) is 0 Å². The van der Waals surface area contributed by atoms with Crippen molar-refractivity contribution in [2.75, 3.05) is 6.61 Å². The SMILES string of the molecule is O=C(OC1C(OC(=O)c2cc(O)c(O)c(OC(=O)c3cc(O)c(O)c(O)c3)c2)O[C@H](COC(=O)c2cc(O)c(O)c(OC(=O)c3cc(O)c(O)c(O)c3)c2)C(OC(=O)c2cc(O)c(O)c(OC(=O)c3cc(O)c(O)c(O)c3)c2)[C@@H]1OC(=O)c1cc(O)c(O)c(OC(=O)c2cc(O)c(O)c(O)c2)c1)C1=CC(OC(=O)c2cc(O)c(O)c(O)c2)C(O)C(O)=C1. The Hall–Kier alpha value is -17.7. The highest BCUT2D eigenvalue weighted by Crippen LogP contribution is 2.47. The molecule has 46 heteroatoms. The number of aliphatic hydroxyl groups excluding tert-OH is 2. The highest BCUT2D eigenvalue weighted by atomic mass is 16.8. The topological polar surface area (TPSA) is 778 Å². The van der Waals surface area contributed by atoms with E-state index in [1.165, 1.54) is 0 Å². The summed E-state index contributed by atoms with van der Waals surface area (Å²) in [5, 5.41) is 261. The summed E-state index contributed by atoms with van der Waals surface area (Å²) in [5.74, 6) is -52.9. The van der Waals surface area contributed by atoms with E-state index in [0.29, 0.717) is 121 Å². The van der Waals surface area contributed by atoms with E-state index < -0.39 is 326 Å². The molecule has 0 spiro atoms. The van der Waals surface area contributed by atoms with Crippen molar-refractivity contribution in [3.05, 3.63) is 183 Å². The number of carbonyl (C=O) groups is 10. The molecule has 0 bridgehead atoms. The molecule has 5 unspecified atom stereocenters. The smallest absolute Gasteiger partial charge is 0.343 e. The van der Waals surface area contributed by atoms with Crippen molar-refractivity contribution in [1.82, 2.24) is 0 Å². The van der Waals surface area contributed by atoms with Gasteiger partial charge in [0.25, 0.3) is 0 Å². The van der Waals surface area contributed by atoms with Crippen molar-refractivity contribution in [2.24, 2.45) is 0 Å². The molecule has 9 aromatic carbocycles. The number of hydrogen-bond acceptors (Lipinski definition) is 46. The van der Waals surface area contributed by atoms with Crippen LogP contribution in [0.3, 0.4) is 0 Å². The molecule has 2 aliphatic rings. The van der Waals surface area contributed by atoms with Gasteiger partial charge in [0.15, 0.2) is 157 Å². The van der Waals surface area contributed by atoms with Crippen LogP contribution in [0.1, 0.15) is 93.2 Å². The van der Waals surface area contributed by atoms with Crippen LogP contribution in [0.25, 0.3) is 0 Å². The van der Waals surface area contributed by atoms with Gasteiger partial charge in [-0.25, -0.2) is 47.9 Å². The second-order valence-corrected chi connectivity index (χ2v) is 25.4. The number of phenols is 23. The van der Waals surface area contributed by atoms with Crippen LogP contribution in [0.2, 0.25) is 0 Å². The number of rotatable bonds is 21. The summed E-state index contributed by atoms with van der Waals surface area (Å²) >= 11 is 0. The number of phenolic OH excluding ortho intramolecular Hbond substituents is 23. The maximum absolute atomic E-state index is 15.3. The van der Waals surface area contributed by atoms with Gasteiger partial charge in [0.05, 0.1) is 55.6 Å². The summed E-state index contributed by atoms with van der Waals surface area (Å²) < 4.78 is 60.6. The molecule has 0 saturated carbocycles. The van der Waals surface area contributed by atoms with Crippen molar-refractivity contribution < 1.29 is 228 Å². The standard InChI is InChI=1S/C76H54O46/c77-32-1-22(2-33(78)53(32)92)67(103)113-47-16-27(11-42(87)58(47)97)66(102)112-21-52-63(119-72(108)28-12-43(88)59(98)48(17-28)114-68(104)23-3-34(79)54(93)35(80)4-23)64(120-73(109)29-13-44(89)60(99)49(18-29)115-69(105)24-5-36(81)55(94)37(82)6-24)65(121-74(110)30-14-45(90)61(100)50(19-30)116-70(106)25-7-38(83)56(95)39(84)8-25)76(118-52)122-75(111)31-15-46(91)62(101)51(20-31)117-71(107)26-9-40(85)57(96)41(86)10-26/h1-20,50,52,61,63-65,76-101H,21H2/t50?,52-,61?,63?,64+,65?,76?/m1/s1. The average Bonchev–Trinajstić information content (AvgIpc) is 0.761. The fourth-order valence-electron chi connectivity index (χ4n) is 11.0. The first-order valence-corrected chi connectivity index (χ1v) is 33.4. The zero-order valence-electron chi connectivity index (χ0n) is 60.0. The van der Waals surface area contributed by atoms with E-state index in [-0.39, 0.29) is 0 Å². The molecule has 122 heavy (non-hydrogen) atoms. The van der Waals surface area contributed by atoms with Gasteiger partial charge in [-0.1, -0.05) is 0 Å². The third-order valence-corrected chi connectivity index (χ3v) is 17.2. The summed E-state index contributed by atoms with van der Waals surface area (Å²) in [6.07, 6.45) is -18.9. The van der Waals surface area contributed by atoms with Gasteiger partial charge in [0.2, 0.25) is 35.4 Å². The van der Waals surface area contributed by atoms with Crippen molar-refractivity contribution >= 4 is 59.7 Å². The maximum atomic E-state index is 15.3. The van der Waals surface area contributed by atoms with Crippen LogP contribution in [-0.2, 0) is 38.0 Å². The fourth-order valence-corrected chi connectivity index (χ4v) is 11.0. The van der Waals surface area contributed by atoms with Crippen molar-refractivity contribution in [3.63, 3.8) is 0 Å². The molecule has 7 atom stereocenters. The fraction of sp³-hybridized carbons (Fsp3) is 0.105. The van der Waals surface area contributed by atoms with Crippen molar-refractivity contribution in [1.29, 1.82) is 0 Å². The maximum Gasteiger partial charge on any atom is 0.343 e. The highest BCUT2D eigenvalue weighted by molar-refractivity contribution is 6.00. The van der Waals surface area contributed by atoms with E-state index in [2.05, 4.69) is 0 Å². The largest absolute Gasteiger partial charge is 0.509 e. The summed E-state index contributed by atoms with van der Waals surface area (Å²) in [6, 6.07) is 8.01. The zero-order valence-corrected chi connectivity index (χ0v) is 60.0. The van der Waals surface area contributed by atoms with E-state index in [9.17, 15) is 161 Å². The van der Waals surface area contributed by atoms with E-state index in [1.807, 2.05) is 0 Å². The summed E-state index contributed by atoms with van der Waals surface area (Å²) in [6.45, 7) is -1.70. The van der Waals surface area contributed by atoms with Crippen LogP contribution in [0, 0.1) is 0 Å². The Kier molecular flexibility index (Phi) is 23.5. The summed E-state index contributed by atoms with van der Waals surface area (Å²) in [5.41, 5.74) is -9.77. The van der Waals surface area contributed by atoms with Gasteiger partial charge in [-0.2, -0.15) is 0 Å². The number of hydrogen-bond donors (Lipinski definition) is 25. The normalized spacial score (nSPS) is 16.5. The van der Waals surface area contributed by atoms with Crippen LogP contribution in [0.5, 0.6) is 155 Å². The number of carbonyl (C=O) groups excluding carboxylic acids is 10. The molecule has 1 aliphatic carbocycles. The van der Waals surface area contributed by atoms with E-state index in [4.69, 9.17) is 52.1 Å². The van der Waals surface area contributed by atoms with Crippen molar-refractivity contribution in [3.8, 4) is 155 Å². The molecule has 0 radical (unpaired) electrons. The summed E-state index contributed by atoms with van der Waals surface area (Å²) in [7, 11) is 0. The second kappa shape index (κ2) is 33.6. The molecule has 1 heterocycles. The zero-order chi connectivity index (χ0) is 89.4. The molecular formula is C76H54O46. The Labute approximate surface area is 672 Å². The van der Waals surface area contributed by atoms with Crippen molar-refractivity contribution in [2.45, 2.75) is 42.9 Å². The predicted octanol–water partition coefficient (Wildman–Crippen LogP) is 3.86. The minimum absolute atomic E-state index is 0.300. The Balaban J connectivity index is 1.08. The monoisotopic (exact) mass is 1700 g/mol. The molecule has 1 aliphatic heterocycles. The number of aromatic hydroxyl groups is 23. The Morgan fingerprint density at radius 3 is 0.803 bits per heavy atom. The molecule has 11 rings (SSSR count). The van der Waals surface area contributed by atoms with Gasteiger partial charge in [-0.05, 0) is 121 Å². The quantitative estimate of drug-likeness (QED) is 0.0210. The molecule has 9 aromatic rings. The minimum Gasteiger partial charge on any atom is -0.509 e. The third kappa shape index (κ3) is 17.7. The molecular weight excluding hydrogens is 1650 g/mol. The van der Waals surface area contributed by atoms with E-state index in [1.54, 1.807) is 0 Å². The first kappa shape index (κ1) is 85.2. The Morgan fingerprint density at radius 1 is 0.262 bits per heavy atom. The van der Waals surface area contributed by atoms with Gasteiger partial charge in [0.1, 0.15) is 18.5 Å². The predicted molar refractivity (Wildman–Crippen MR) is 383 cm³/mol. The van der Waals surface area contributed by atoms with Crippen LogP contribution in [0.15, 0.2) is 133 Å². The Bertz CT molecular complexity index is 5860. The molecule has 0 amide bonds. The van der Waals surface area contributed by atoms with Gasteiger partial charge in [0, 0.05) is 0 Å². The van der Waals surface area contributed by atoms with E-state index in [0.717, 1.165) is 0 Å². The number of benzene rings is 9. The number of ether oxygens (including phenoxy) is 11. The molecule has 25 N–H and O–H groups in total. The molecule has 0 aromatic heterocycles. The lowest BCUT2D eigenvalue weighted by Crippen LogP contribution is -2.63. The van der Waals surface area contributed by atoms with Crippen LogP contribution in [0.4, 0.5) is 0 Å². The molecule has 1 saturated heterocycles. The first-order valence-electron chi connectivity index (χ1n) is 33.4. The lowest BCUT2D eigenvalue weighted by atomic mass is 9.97. The van der Waals surface area contributed by atoms with Crippen LogP contribution >= 0.6 is 0 Å². The van der Waals surface area contributed by atoms with Gasteiger partial charge >= 0.3 is 59.7 Å². The molecule has 46 nitrogen and oxygen atoms in total. The van der Waals surface area contributed by atoms with Crippen LogP contribution in [-0.4, -0.2) is 237 Å². The first-order chi connectivity index (χ1) is 57.4. The van der Waals surface area contributed by atoms with Crippen LogP contribution < -0.4 is 18.9 Å². The summed E-state index contributed by atoms with van der Waals surface area (Å²) in [4.78, 5) is 143. The van der Waals surface area contributed by atoms with E-state index >= 15 is 14.4 Å². The lowest BCUT2D eigenvalue weighted by Gasteiger charge is -2.44. The third-order valence-electron chi connectivity index (χ3n) is 17.2. The second-order valence-electron chi connectivity index (χ2n) is 25.4.